The molecule has 0 aliphatic rings. The lowest BCUT2D eigenvalue weighted by Gasteiger charge is -2.22. The Morgan fingerprint density at radius 1 is 1.14 bits per heavy atom. The number of anilines is 3. The number of amides is 2. The molecule has 7 heteroatoms. The lowest BCUT2D eigenvalue weighted by Crippen LogP contribution is -2.32. The molecule has 1 heterocycles. The van der Waals surface area contributed by atoms with Crippen LogP contribution < -0.4 is 16.4 Å². The summed E-state index contributed by atoms with van der Waals surface area (Å²) in [5, 5.41) is 7.59. The molecule has 0 atom stereocenters. The number of hydrogen-bond acceptors (Lipinski definition) is 3. The number of nitrogens with zero attached hydrogens (tertiary/aromatic N) is 2. The van der Waals surface area contributed by atoms with Crippen molar-refractivity contribution in [3.63, 3.8) is 0 Å². The Morgan fingerprint density at radius 3 is 2.66 bits per heavy atom. The summed E-state index contributed by atoms with van der Waals surface area (Å²) in [7, 11) is 0. The van der Waals surface area contributed by atoms with Crippen molar-refractivity contribution in [3.8, 4) is 11.1 Å². The third kappa shape index (κ3) is 3.27. The summed E-state index contributed by atoms with van der Waals surface area (Å²) >= 11 is 0. The second-order valence-electron chi connectivity index (χ2n) is 6.70. The van der Waals surface area contributed by atoms with Gasteiger partial charge in [-0.15, -0.1) is 0 Å². The standard InChI is InChI=1S/C22H20FN5O/c1-2-13-5-3-6-15(11-13)28(22(25)29)19-10-9-14(12-17(19)23)16-7-4-8-18-20(16)21(24)27-26-18/h3-12H,2H2,1H3,(H2,25,29)(H3,24,26,27). The summed E-state index contributed by atoms with van der Waals surface area (Å²) < 4.78 is 15.1. The quantitative estimate of drug-likeness (QED) is 0.470. The van der Waals surface area contributed by atoms with E-state index in [9.17, 15) is 4.79 Å². The molecule has 0 fully saturated rings. The highest BCUT2D eigenvalue weighted by molar-refractivity contribution is 6.02. The first kappa shape index (κ1) is 18.5. The SMILES string of the molecule is CCc1cccc(N(C(N)=O)c2ccc(-c3cccc4[nH]nc(N)c34)cc2F)c1. The average Bonchev–Trinajstić information content (AvgIpc) is 3.10. The van der Waals surface area contributed by atoms with E-state index in [0.29, 0.717) is 17.1 Å². The minimum Gasteiger partial charge on any atom is -0.382 e. The maximum Gasteiger partial charge on any atom is 0.323 e. The first-order valence-electron chi connectivity index (χ1n) is 9.20. The number of carbonyl (C=O) groups excluding carboxylic acids is 1. The Kier molecular flexibility index (Phi) is 4.64. The van der Waals surface area contributed by atoms with Gasteiger partial charge in [0.15, 0.2) is 5.82 Å². The molecule has 4 rings (SSSR count). The highest BCUT2D eigenvalue weighted by Gasteiger charge is 2.20. The Balaban J connectivity index is 1.81. The molecule has 0 aliphatic carbocycles. The minimum absolute atomic E-state index is 0.0850. The van der Waals surface area contributed by atoms with Crippen molar-refractivity contribution in [2.45, 2.75) is 13.3 Å². The smallest absolute Gasteiger partial charge is 0.323 e. The van der Waals surface area contributed by atoms with Gasteiger partial charge in [-0.3, -0.25) is 10.00 Å². The molecule has 29 heavy (non-hydrogen) atoms. The van der Waals surface area contributed by atoms with Crippen LogP contribution in [-0.4, -0.2) is 16.2 Å². The normalized spacial score (nSPS) is 11.0. The fourth-order valence-electron chi connectivity index (χ4n) is 3.49. The van der Waals surface area contributed by atoms with E-state index in [4.69, 9.17) is 11.5 Å². The molecule has 2 amide bonds. The molecule has 0 radical (unpaired) electrons. The van der Waals surface area contributed by atoms with Gasteiger partial charge in [-0.2, -0.15) is 5.10 Å². The fraction of sp³-hybridized carbons (Fsp3) is 0.0909. The van der Waals surface area contributed by atoms with Gasteiger partial charge in [0.25, 0.3) is 0 Å². The summed E-state index contributed by atoms with van der Waals surface area (Å²) in [6, 6.07) is 16.7. The molecule has 146 valence electrons. The van der Waals surface area contributed by atoms with E-state index < -0.39 is 11.8 Å². The van der Waals surface area contributed by atoms with Crippen molar-refractivity contribution in [2.24, 2.45) is 5.73 Å². The number of rotatable bonds is 4. The van der Waals surface area contributed by atoms with Crippen molar-refractivity contribution in [1.82, 2.24) is 10.2 Å². The summed E-state index contributed by atoms with van der Waals surface area (Å²) in [5.41, 5.74) is 15.3. The van der Waals surface area contributed by atoms with Crippen LogP contribution >= 0.6 is 0 Å². The van der Waals surface area contributed by atoms with Gasteiger partial charge in [0.05, 0.1) is 22.3 Å². The number of aromatic nitrogens is 2. The molecule has 0 bridgehead atoms. The average molecular weight is 389 g/mol. The number of benzene rings is 3. The van der Waals surface area contributed by atoms with Gasteiger partial charge in [0.2, 0.25) is 0 Å². The van der Waals surface area contributed by atoms with Gasteiger partial charge >= 0.3 is 6.03 Å². The summed E-state index contributed by atoms with van der Waals surface area (Å²) in [6.45, 7) is 2.01. The minimum atomic E-state index is -0.758. The van der Waals surface area contributed by atoms with Crippen LogP contribution in [0, 0.1) is 5.82 Å². The van der Waals surface area contributed by atoms with Crippen LogP contribution in [0.2, 0.25) is 0 Å². The fourth-order valence-corrected chi connectivity index (χ4v) is 3.49. The van der Waals surface area contributed by atoms with Crippen molar-refractivity contribution >= 4 is 34.1 Å². The van der Waals surface area contributed by atoms with Crippen LogP contribution in [0.25, 0.3) is 22.0 Å². The van der Waals surface area contributed by atoms with Gasteiger partial charge in [0, 0.05) is 0 Å². The highest BCUT2D eigenvalue weighted by Crippen LogP contribution is 2.35. The van der Waals surface area contributed by atoms with Crippen LogP contribution in [0.15, 0.2) is 60.7 Å². The second-order valence-corrected chi connectivity index (χ2v) is 6.70. The first-order chi connectivity index (χ1) is 14.0. The predicted octanol–water partition coefficient (Wildman–Crippen LogP) is 4.73. The van der Waals surface area contributed by atoms with Crippen LogP contribution in [-0.2, 0) is 6.42 Å². The zero-order valence-electron chi connectivity index (χ0n) is 15.8. The van der Waals surface area contributed by atoms with Crippen LogP contribution in [0.1, 0.15) is 12.5 Å². The van der Waals surface area contributed by atoms with Crippen LogP contribution in [0.4, 0.5) is 26.4 Å². The maximum atomic E-state index is 15.1. The Morgan fingerprint density at radius 2 is 1.93 bits per heavy atom. The molecular formula is C22H20FN5O. The van der Waals surface area contributed by atoms with Gasteiger partial charge in [0.1, 0.15) is 5.82 Å². The number of H-pyrrole nitrogens is 1. The highest BCUT2D eigenvalue weighted by atomic mass is 19.1. The van der Waals surface area contributed by atoms with Crippen LogP contribution in [0.5, 0.6) is 0 Å². The van der Waals surface area contributed by atoms with Gasteiger partial charge in [-0.1, -0.05) is 37.3 Å². The summed E-state index contributed by atoms with van der Waals surface area (Å²) in [6.07, 6.45) is 0.790. The molecule has 0 spiro atoms. The molecule has 0 saturated heterocycles. The molecule has 0 aliphatic heterocycles. The number of urea groups is 1. The van der Waals surface area contributed by atoms with E-state index in [1.165, 1.54) is 11.0 Å². The molecule has 0 unspecified atom stereocenters. The largest absolute Gasteiger partial charge is 0.382 e. The Labute approximate surface area is 166 Å². The Hall–Kier alpha value is -3.87. The molecule has 5 N–H and O–H groups in total. The monoisotopic (exact) mass is 389 g/mol. The summed E-state index contributed by atoms with van der Waals surface area (Å²) in [5.74, 6) is -0.225. The van der Waals surface area contributed by atoms with E-state index in [1.54, 1.807) is 18.2 Å². The zero-order chi connectivity index (χ0) is 20.5. The molecule has 1 aromatic heterocycles. The number of aromatic amines is 1. The lowest BCUT2D eigenvalue weighted by molar-refractivity contribution is 0.256. The number of hydrogen-bond donors (Lipinski definition) is 3. The maximum absolute atomic E-state index is 15.1. The van der Waals surface area contributed by atoms with E-state index in [-0.39, 0.29) is 5.69 Å². The molecule has 6 nitrogen and oxygen atoms in total. The number of nitrogens with two attached hydrogens (primary N) is 2. The molecule has 3 aromatic carbocycles. The molecule has 0 saturated carbocycles. The van der Waals surface area contributed by atoms with Crippen LogP contribution in [0.3, 0.4) is 0 Å². The number of nitrogens with one attached hydrogen (secondary N) is 1. The van der Waals surface area contributed by atoms with Gasteiger partial charge in [-0.25, -0.2) is 9.18 Å². The van der Waals surface area contributed by atoms with E-state index in [0.717, 1.165) is 28.5 Å². The number of carbonyl (C=O) groups is 1. The van der Waals surface area contributed by atoms with Crippen molar-refractivity contribution in [1.29, 1.82) is 0 Å². The number of aryl methyl sites for hydroxylation is 1. The van der Waals surface area contributed by atoms with Crippen molar-refractivity contribution in [2.75, 3.05) is 10.6 Å². The second kappa shape index (κ2) is 7.27. The third-order valence-corrected chi connectivity index (χ3v) is 4.91. The van der Waals surface area contributed by atoms with E-state index in [1.807, 2.05) is 43.3 Å². The van der Waals surface area contributed by atoms with Gasteiger partial charge < -0.3 is 11.5 Å². The lowest BCUT2D eigenvalue weighted by atomic mass is 10.0. The van der Waals surface area contributed by atoms with Crippen molar-refractivity contribution in [3.05, 3.63) is 72.0 Å². The Bertz CT molecular complexity index is 1220. The first-order valence-corrected chi connectivity index (χ1v) is 9.20. The molecule has 4 aromatic rings. The van der Waals surface area contributed by atoms with E-state index in [2.05, 4.69) is 10.2 Å². The number of nitrogen functional groups attached to an aromatic ring is 1. The predicted molar refractivity (Wildman–Crippen MR) is 113 cm³/mol. The topological polar surface area (TPSA) is 101 Å². The third-order valence-electron chi connectivity index (χ3n) is 4.91. The van der Waals surface area contributed by atoms with Crippen molar-refractivity contribution < 1.29 is 9.18 Å². The number of fused-ring (bicyclic) bond motifs is 1. The zero-order valence-corrected chi connectivity index (χ0v) is 15.8. The number of primary amides is 1. The summed E-state index contributed by atoms with van der Waals surface area (Å²) in [4.78, 5) is 13.3. The van der Waals surface area contributed by atoms with E-state index >= 15 is 4.39 Å². The molecular weight excluding hydrogens is 369 g/mol. The van der Waals surface area contributed by atoms with Gasteiger partial charge in [-0.05, 0) is 53.4 Å². The number of halogens is 1.